The summed E-state index contributed by atoms with van der Waals surface area (Å²) in [6, 6.07) is 7.07. The molecule has 1 atom stereocenters. The molecule has 0 heterocycles. The van der Waals surface area contributed by atoms with Crippen molar-refractivity contribution >= 4 is 21.5 Å². The van der Waals surface area contributed by atoms with E-state index in [0.29, 0.717) is 4.83 Å². The van der Waals surface area contributed by atoms with Crippen LogP contribution in [0.5, 0.6) is 0 Å². The van der Waals surface area contributed by atoms with E-state index in [2.05, 4.69) is 93.9 Å². The van der Waals surface area contributed by atoms with Gasteiger partial charge in [-0.25, -0.2) is 0 Å². The minimum absolute atomic E-state index is 0.171. The normalized spacial score (nSPS) is 19.4. The molecule has 0 aliphatic heterocycles. The van der Waals surface area contributed by atoms with Crippen molar-refractivity contribution in [1.82, 2.24) is 0 Å². The molecule has 0 bridgehead atoms. The number of hydrogen-bond donors (Lipinski definition) is 0. The molecule has 1 aromatic carbocycles. The Hall–Kier alpha value is -0.820. The van der Waals surface area contributed by atoms with Crippen molar-refractivity contribution in [3.05, 3.63) is 53.1 Å². The minimum Gasteiger partial charge on any atom is -0.0793 e. The molecule has 1 aromatic rings. The second-order valence-electron chi connectivity index (χ2n) is 7.71. The third kappa shape index (κ3) is 3.25. The van der Waals surface area contributed by atoms with Crippen LogP contribution >= 0.6 is 15.9 Å². The van der Waals surface area contributed by atoms with E-state index < -0.39 is 0 Å². The van der Waals surface area contributed by atoms with Crippen LogP contribution in [0.1, 0.15) is 58.2 Å². The van der Waals surface area contributed by atoms with Crippen LogP contribution in [-0.4, -0.2) is 4.83 Å². The molecule has 108 valence electrons. The van der Waals surface area contributed by atoms with Gasteiger partial charge in [0.1, 0.15) is 0 Å². The van der Waals surface area contributed by atoms with Gasteiger partial charge in [-0.1, -0.05) is 93.9 Å². The SMILES string of the molecule is CC(C)(C)c1cc(C2=CC=CC2Br)cc(C(C)(C)C)c1. The van der Waals surface area contributed by atoms with Gasteiger partial charge in [0.15, 0.2) is 0 Å². The molecule has 1 aliphatic carbocycles. The Balaban J connectivity index is 2.58. The van der Waals surface area contributed by atoms with E-state index in [4.69, 9.17) is 0 Å². The molecule has 0 nitrogen and oxygen atoms in total. The van der Waals surface area contributed by atoms with Gasteiger partial charge in [-0.2, -0.15) is 0 Å². The fraction of sp³-hybridized carbons (Fsp3) is 0.474. The second kappa shape index (κ2) is 5.18. The third-order valence-corrected chi connectivity index (χ3v) is 4.65. The molecule has 1 unspecified atom stereocenters. The van der Waals surface area contributed by atoms with Crippen LogP contribution in [-0.2, 0) is 10.8 Å². The average Bonchev–Trinajstić information content (AvgIpc) is 2.72. The summed E-state index contributed by atoms with van der Waals surface area (Å²) in [7, 11) is 0. The lowest BCUT2D eigenvalue weighted by atomic mass is 9.79. The van der Waals surface area contributed by atoms with Crippen LogP contribution in [0.15, 0.2) is 36.4 Å². The highest BCUT2D eigenvalue weighted by Crippen LogP contribution is 2.36. The second-order valence-corrected chi connectivity index (χ2v) is 8.69. The molecule has 0 saturated carbocycles. The van der Waals surface area contributed by atoms with Crippen LogP contribution in [0.3, 0.4) is 0 Å². The molecule has 0 aromatic heterocycles. The Morgan fingerprint density at radius 2 is 1.35 bits per heavy atom. The first-order valence-electron chi connectivity index (χ1n) is 7.28. The summed E-state index contributed by atoms with van der Waals surface area (Å²) >= 11 is 3.74. The van der Waals surface area contributed by atoms with Crippen molar-refractivity contribution in [3.63, 3.8) is 0 Å². The van der Waals surface area contributed by atoms with Gasteiger partial charge in [0.2, 0.25) is 0 Å². The molecule has 20 heavy (non-hydrogen) atoms. The summed E-state index contributed by atoms with van der Waals surface area (Å²) in [4.78, 5) is 0.338. The third-order valence-electron chi connectivity index (χ3n) is 3.85. The van der Waals surface area contributed by atoms with Crippen LogP contribution in [0.4, 0.5) is 0 Å². The number of allylic oxidation sites excluding steroid dienone is 4. The molecule has 1 aliphatic rings. The van der Waals surface area contributed by atoms with Gasteiger partial charge in [-0.05, 0) is 33.1 Å². The molecule has 0 amide bonds. The molecule has 0 saturated heterocycles. The average molecular weight is 333 g/mol. The Morgan fingerprint density at radius 3 is 1.70 bits per heavy atom. The highest BCUT2D eigenvalue weighted by atomic mass is 79.9. The van der Waals surface area contributed by atoms with E-state index in [-0.39, 0.29) is 10.8 Å². The number of halogens is 1. The van der Waals surface area contributed by atoms with Crippen molar-refractivity contribution in [2.24, 2.45) is 0 Å². The number of benzene rings is 1. The summed E-state index contributed by atoms with van der Waals surface area (Å²) in [5.74, 6) is 0. The van der Waals surface area contributed by atoms with Gasteiger partial charge in [0, 0.05) is 0 Å². The van der Waals surface area contributed by atoms with Crippen molar-refractivity contribution in [2.45, 2.75) is 57.2 Å². The maximum atomic E-state index is 3.74. The zero-order valence-electron chi connectivity index (χ0n) is 13.4. The van der Waals surface area contributed by atoms with Crippen molar-refractivity contribution in [1.29, 1.82) is 0 Å². The van der Waals surface area contributed by atoms with Gasteiger partial charge in [-0.3, -0.25) is 0 Å². The number of rotatable bonds is 1. The van der Waals surface area contributed by atoms with Gasteiger partial charge >= 0.3 is 0 Å². The van der Waals surface area contributed by atoms with E-state index in [0.717, 1.165) is 0 Å². The lowest BCUT2D eigenvalue weighted by molar-refractivity contribution is 0.568. The molecule has 0 N–H and O–H groups in total. The Bertz CT molecular complexity index is 530. The molecule has 0 fully saturated rings. The van der Waals surface area contributed by atoms with E-state index in [1.807, 2.05) is 0 Å². The summed E-state index contributed by atoms with van der Waals surface area (Å²) in [5, 5.41) is 0. The monoisotopic (exact) mass is 332 g/mol. The first-order valence-corrected chi connectivity index (χ1v) is 8.19. The van der Waals surface area contributed by atoms with Crippen molar-refractivity contribution in [3.8, 4) is 0 Å². The molecular formula is C19H25Br. The first-order chi connectivity index (χ1) is 9.09. The predicted molar refractivity (Wildman–Crippen MR) is 93.7 cm³/mol. The van der Waals surface area contributed by atoms with Crippen LogP contribution in [0.25, 0.3) is 5.57 Å². The standard InChI is InChI=1S/C19H25Br/c1-18(2,3)14-10-13(16-8-7-9-17(16)20)11-15(12-14)19(4,5)6/h7-12,17H,1-6H3. The van der Waals surface area contributed by atoms with Crippen LogP contribution in [0.2, 0.25) is 0 Å². The first kappa shape index (κ1) is 15.6. The summed E-state index contributed by atoms with van der Waals surface area (Å²) < 4.78 is 0. The summed E-state index contributed by atoms with van der Waals surface area (Å²) in [5.41, 5.74) is 5.87. The molecule has 1 heteroatoms. The Morgan fingerprint density at radius 1 is 0.850 bits per heavy atom. The van der Waals surface area contributed by atoms with Gasteiger partial charge in [0.05, 0.1) is 4.83 Å². The zero-order valence-corrected chi connectivity index (χ0v) is 15.0. The van der Waals surface area contributed by atoms with Crippen LogP contribution < -0.4 is 0 Å². The quantitative estimate of drug-likeness (QED) is 0.553. The number of hydrogen-bond acceptors (Lipinski definition) is 0. The van der Waals surface area contributed by atoms with E-state index in [1.54, 1.807) is 0 Å². The minimum atomic E-state index is 0.171. The molecular weight excluding hydrogens is 308 g/mol. The van der Waals surface area contributed by atoms with E-state index in [1.165, 1.54) is 22.3 Å². The summed E-state index contributed by atoms with van der Waals surface area (Å²) in [6.07, 6.45) is 6.54. The fourth-order valence-electron chi connectivity index (χ4n) is 2.37. The smallest absolute Gasteiger partial charge is 0.0584 e. The van der Waals surface area contributed by atoms with Gasteiger partial charge < -0.3 is 0 Å². The predicted octanol–water partition coefficient (Wildman–Crippen LogP) is 6.00. The number of alkyl halides is 1. The highest BCUT2D eigenvalue weighted by Gasteiger charge is 2.22. The molecule has 0 spiro atoms. The maximum absolute atomic E-state index is 3.74. The highest BCUT2D eigenvalue weighted by molar-refractivity contribution is 9.10. The van der Waals surface area contributed by atoms with Crippen molar-refractivity contribution < 1.29 is 0 Å². The lowest BCUT2D eigenvalue weighted by Crippen LogP contribution is -2.17. The van der Waals surface area contributed by atoms with Crippen molar-refractivity contribution in [2.75, 3.05) is 0 Å². The van der Waals surface area contributed by atoms with E-state index >= 15 is 0 Å². The largest absolute Gasteiger partial charge is 0.0793 e. The molecule has 2 rings (SSSR count). The Labute approximate surface area is 132 Å². The maximum Gasteiger partial charge on any atom is 0.0584 e. The fourth-order valence-corrected chi connectivity index (χ4v) is 2.96. The van der Waals surface area contributed by atoms with Gasteiger partial charge in [-0.15, -0.1) is 0 Å². The zero-order chi connectivity index (χ0) is 15.1. The summed E-state index contributed by atoms with van der Waals surface area (Å²) in [6.45, 7) is 13.7. The topological polar surface area (TPSA) is 0 Å². The lowest BCUT2D eigenvalue weighted by Gasteiger charge is -2.27. The Kier molecular flexibility index (Phi) is 4.03. The molecule has 0 radical (unpaired) electrons. The van der Waals surface area contributed by atoms with Gasteiger partial charge in [0.25, 0.3) is 0 Å². The van der Waals surface area contributed by atoms with E-state index in [9.17, 15) is 0 Å². The van der Waals surface area contributed by atoms with Crippen LogP contribution in [0, 0.1) is 0 Å².